The van der Waals surface area contributed by atoms with Gasteiger partial charge in [-0.1, -0.05) is 30.3 Å². The Morgan fingerprint density at radius 1 is 1.32 bits per heavy atom. The maximum atomic E-state index is 12.5. The van der Waals surface area contributed by atoms with Gasteiger partial charge in [-0.25, -0.2) is 0 Å². The normalized spacial score (nSPS) is 23.4. The number of carbonyl (C=O) groups is 2. The Hall–Kier alpha value is -1.91. The molecule has 0 aliphatic carbocycles. The van der Waals surface area contributed by atoms with E-state index in [0.29, 0.717) is 0 Å². The third-order valence-electron chi connectivity index (χ3n) is 3.35. The van der Waals surface area contributed by atoms with Crippen molar-refractivity contribution in [2.45, 2.75) is 18.9 Å². The molecular formula is C14H17FN2O2. The summed E-state index contributed by atoms with van der Waals surface area (Å²) in [7, 11) is 0. The van der Waals surface area contributed by atoms with Crippen LogP contribution in [0, 0.1) is 0 Å². The highest BCUT2D eigenvalue weighted by Crippen LogP contribution is 2.26. The Labute approximate surface area is 111 Å². The highest BCUT2D eigenvalue weighted by molar-refractivity contribution is 5.98. The molecular weight excluding hydrogens is 247 g/mol. The molecule has 5 heteroatoms. The van der Waals surface area contributed by atoms with Crippen molar-refractivity contribution in [1.29, 1.82) is 0 Å². The largest absolute Gasteiger partial charge is 0.337 e. The molecule has 102 valence electrons. The van der Waals surface area contributed by atoms with Crippen molar-refractivity contribution in [1.82, 2.24) is 10.2 Å². The quantitative estimate of drug-likeness (QED) is 0.889. The van der Waals surface area contributed by atoms with Crippen LogP contribution in [0.25, 0.3) is 0 Å². The fourth-order valence-electron chi connectivity index (χ4n) is 2.33. The Kier molecular flexibility index (Phi) is 3.83. The second kappa shape index (κ2) is 5.38. The van der Waals surface area contributed by atoms with Gasteiger partial charge in [-0.15, -0.1) is 0 Å². The van der Waals surface area contributed by atoms with Crippen LogP contribution in [-0.4, -0.2) is 36.5 Å². The zero-order valence-corrected chi connectivity index (χ0v) is 10.9. The van der Waals surface area contributed by atoms with Crippen LogP contribution in [0.1, 0.15) is 18.9 Å². The van der Waals surface area contributed by atoms with Crippen molar-refractivity contribution in [2.24, 2.45) is 0 Å². The molecule has 1 unspecified atom stereocenters. The summed E-state index contributed by atoms with van der Waals surface area (Å²) in [5.41, 5.74) is -0.328. The summed E-state index contributed by atoms with van der Waals surface area (Å²) in [6.07, 6.45) is 0.254. The van der Waals surface area contributed by atoms with Gasteiger partial charge < -0.3 is 10.2 Å². The average molecular weight is 264 g/mol. The van der Waals surface area contributed by atoms with Gasteiger partial charge in [0.15, 0.2) is 0 Å². The maximum absolute atomic E-state index is 12.5. The summed E-state index contributed by atoms with van der Waals surface area (Å²) >= 11 is 0. The Balaban J connectivity index is 2.28. The minimum absolute atomic E-state index is 0.00125. The number of hydrogen-bond donors (Lipinski definition) is 1. The lowest BCUT2D eigenvalue weighted by atomic mass is 9.88. The number of amides is 2. The fraction of sp³-hybridized carbons (Fsp3) is 0.429. The average Bonchev–Trinajstić information content (AvgIpc) is 2.42. The summed E-state index contributed by atoms with van der Waals surface area (Å²) in [6.45, 7) is 1.46. The van der Waals surface area contributed by atoms with Crippen molar-refractivity contribution in [3.63, 3.8) is 0 Å². The van der Waals surface area contributed by atoms with Crippen LogP contribution in [0.15, 0.2) is 30.3 Å². The van der Waals surface area contributed by atoms with Crippen LogP contribution >= 0.6 is 0 Å². The zero-order valence-electron chi connectivity index (χ0n) is 10.9. The Bertz CT molecular complexity index is 478. The summed E-state index contributed by atoms with van der Waals surface area (Å²) in [5, 5.41) is 2.74. The van der Waals surface area contributed by atoms with E-state index >= 15 is 0 Å². The summed E-state index contributed by atoms with van der Waals surface area (Å²) in [5.74, 6) is -0.406. The van der Waals surface area contributed by atoms with Crippen LogP contribution in [0.4, 0.5) is 4.39 Å². The van der Waals surface area contributed by atoms with Crippen molar-refractivity contribution >= 4 is 11.8 Å². The number of piperazine rings is 1. The molecule has 1 atom stereocenters. The SMILES string of the molecule is CC1(c2ccccc2)NC(=O)CN(CCCF)C1=O. The molecule has 1 N–H and O–H groups in total. The number of alkyl halides is 1. The second-order valence-corrected chi connectivity index (χ2v) is 4.81. The molecule has 2 rings (SSSR count). The first-order valence-electron chi connectivity index (χ1n) is 6.30. The van der Waals surface area contributed by atoms with Crippen molar-refractivity contribution in [3.05, 3.63) is 35.9 Å². The highest BCUT2D eigenvalue weighted by atomic mass is 19.1. The van der Waals surface area contributed by atoms with E-state index < -0.39 is 12.2 Å². The number of carbonyl (C=O) groups excluding carboxylic acids is 2. The van der Waals surface area contributed by atoms with Crippen molar-refractivity contribution in [3.8, 4) is 0 Å². The lowest BCUT2D eigenvalue weighted by Crippen LogP contribution is -2.63. The minimum atomic E-state index is -1.06. The zero-order chi connectivity index (χ0) is 13.9. The number of halogens is 1. The maximum Gasteiger partial charge on any atom is 0.253 e. The van der Waals surface area contributed by atoms with E-state index in [2.05, 4.69) is 5.32 Å². The van der Waals surface area contributed by atoms with Gasteiger partial charge in [-0.3, -0.25) is 14.0 Å². The molecule has 1 heterocycles. The lowest BCUT2D eigenvalue weighted by molar-refractivity contribution is -0.149. The molecule has 0 bridgehead atoms. The lowest BCUT2D eigenvalue weighted by Gasteiger charge is -2.40. The predicted octanol–water partition coefficient (Wildman–Crippen LogP) is 1.22. The van der Waals surface area contributed by atoms with E-state index in [1.54, 1.807) is 19.1 Å². The molecule has 0 aromatic heterocycles. The second-order valence-electron chi connectivity index (χ2n) is 4.81. The van der Waals surface area contributed by atoms with E-state index in [9.17, 15) is 14.0 Å². The van der Waals surface area contributed by atoms with Gasteiger partial charge in [0.2, 0.25) is 5.91 Å². The smallest absolute Gasteiger partial charge is 0.253 e. The number of hydrogen-bond acceptors (Lipinski definition) is 2. The number of nitrogens with one attached hydrogen (secondary N) is 1. The third kappa shape index (κ3) is 2.59. The van der Waals surface area contributed by atoms with E-state index in [1.807, 2.05) is 18.2 Å². The minimum Gasteiger partial charge on any atom is -0.337 e. The summed E-state index contributed by atoms with van der Waals surface area (Å²) < 4.78 is 12.2. The fourth-order valence-corrected chi connectivity index (χ4v) is 2.33. The molecule has 1 fully saturated rings. The molecule has 1 aromatic rings. The number of nitrogens with zero attached hydrogens (tertiary/aromatic N) is 1. The van der Waals surface area contributed by atoms with Crippen LogP contribution < -0.4 is 5.32 Å². The van der Waals surface area contributed by atoms with Crippen LogP contribution in [0.5, 0.6) is 0 Å². The summed E-state index contributed by atoms with van der Waals surface area (Å²) in [6, 6.07) is 9.09. The van der Waals surface area contributed by atoms with Gasteiger partial charge >= 0.3 is 0 Å². The van der Waals surface area contributed by atoms with E-state index in [1.165, 1.54) is 4.90 Å². The van der Waals surface area contributed by atoms with E-state index in [4.69, 9.17) is 0 Å². The van der Waals surface area contributed by atoms with Crippen LogP contribution in [0.3, 0.4) is 0 Å². The van der Waals surface area contributed by atoms with Crippen LogP contribution in [0.2, 0.25) is 0 Å². The van der Waals surface area contributed by atoms with Gasteiger partial charge in [-0.05, 0) is 18.9 Å². The van der Waals surface area contributed by atoms with Gasteiger partial charge in [0.1, 0.15) is 5.54 Å². The molecule has 1 saturated heterocycles. The molecule has 1 aliphatic rings. The first-order valence-corrected chi connectivity index (χ1v) is 6.30. The van der Waals surface area contributed by atoms with Crippen molar-refractivity contribution < 1.29 is 14.0 Å². The molecule has 1 aromatic carbocycles. The molecule has 1 aliphatic heterocycles. The Morgan fingerprint density at radius 2 is 2.00 bits per heavy atom. The third-order valence-corrected chi connectivity index (χ3v) is 3.35. The number of benzene rings is 1. The van der Waals surface area contributed by atoms with Gasteiger partial charge in [0.25, 0.3) is 5.91 Å². The van der Waals surface area contributed by atoms with Crippen LogP contribution in [-0.2, 0) is 15.1 Å². The standard InChI is InChI=1S/C14H17FN2O2/c1-14(11-6-3-2-4-7-11)13(19)17(9-5-8-15)10-12(18)16-14/h2-4,6-7H,5,8-10H2,1H3,(H,16,18). The molecule has 0 spiro atoms. The molecule has 0 radical (unpaired) electrons. The van der Waals surface area contributed by atoms with Crippen molar-refractivity contribution in [2.75, 3.05) is 19.8 Å². The first kappa shape index (κ1) is 13.5. The first-order chi connectivity index (χ1) is 9.08. The number of rotatable bonds is 4. The highest BCUT2D eigenvalue weighted by Gasteiger charge is 2.43. The molecule has 19 heavy (non-hydrogen) atoms. The molecule has 2 amide bonds. The van der Waals surface area contributed by atoms with E-state index in [-0.39, 0.29) is 31.3 Å². The monoisotopic (exact) mass is 264 g/mol. The molecule has 0 saturated carbocycles. The Morgan fingerprint density at radius 3 is 2.63 bits per heavy atom. The topological polar surface area (TPSA) is 49.4 Å². The predicted molar refractivity (Wildman–Crippen MR) is 69.1 cm³/mol. The van der Waals surface area contributed by atoms with Gasteiger partial charge in [0, 0.05) is 6.54 Å². The molecule has 4 nitrogen and oxygen atoms in total. The summed E-state index contributed by atoms with van der Waals surface area (Å²) in [4.78, 5) is 25.7. The van der Waals surface area contributed by atoms with E-state index in [0.717, 1.165) is 5.56 Å². The van der Waals surface area contributed by atoms with Gasteiger partial charge in [0.05, 0.1) is 13.2 Å². The van der Waals surface area contributed by atoms with Gasteiger partial charge in [-0.2, -0.15) is 0 Å².